The highest BCUT2D eigenvalue weighted by Crippen LogP contribution is 2.29. The SMILES string of the molecule is CN(CCC1CCC1)C(=O)c1ccnc(CO)c1. The van der Waals surface area contributed by atoms with Gasteiger partial charge < -0.3 is 10.0 Å². The maximum absolute atomic E-state index is 12.1. The van der Waals surface area contributed by atoms with Crippen LogP contribution in [0.4, 0.5) is 0 Å². The average molecular weight is 248 g/mol. The van der Waals surface area contributed by atoms with Gasteiger partial charge in [-0.1, -0.05) is 19.3 Å². The van der Waals surface area contributed by atoms with E-state index in [1.54, 1.807) is 23.2 Å². The highest BCUT2D eigenvalue weighted by atomic mass is 16.3. The van der Waals surface area contributed by atoms with Gasteiger partial charge in [-0.25, -0.2) is 0 Å². The Hall–Kier alpha value is -1.42. The van der Waals surface area contributed by atoms with Crippen molar-refractivity contribution in [3.05, 3.63) is 29.6 Å². The predicted octanol–water partition coefficient (Wildman–Crippen LogP) is 1.84. The maximum atomic E-state index is 12.1. The first-order valence-corrected chi connectivity index (χ1v) is 6.52. The van der Waals surface area contributed by atoms with Crippen LogP contribution in [0.5, 0.6) is 0 Å². The monoisotopic (exact) mass is 248 g/mol. The number of hydrogen-bond acceptors (Lipinski definition) is 3. The van der Waals surface area contributed by atoms with E-state index >= 15 is 0 Å². The lowest BCUT2D eigenvalue weighted by Gasteiger charge is -2.27. The highest BCUT2D eigenvalue weighted by Gasteiger charge is 2.19. The van der Waals surface area contributed by atoms with Crippen LogP contribution in [0.2, 0.25) is 0 Å². The number of hydrogen-bond donors (Lipinski definition) is 1. The first-order valence-electron chi connectivity index (χ1n) is 6.52. The molecule has 1 saturated carbocycles. The van der Waals surface area contributed by atoms with Crippen LogP contribution < -0.4 is 0 Å². The zero-order valence-electron chi connectivity index (χ0n) is 10.8. The lowest BCUT2D eigenvalue weighted by molar-refractivity contribution is 0.0779. The Bertz CT molecular complexity index is 416. The number of carbonyl (C=O) groups is 1. The zero-order chi connectivity index (χ0) is 13.0. The van der Waals surface area contributed by atoms with E-state index in [4.69, 9.17) is 5.11 Å². The second kappa shape index (κ2) is 5.96. The summed E-state index contributed by atoms with van der Waals surface area (Å²) >= 11 is 0. The van der Waals surface area contributed by atoms with Crippen molar-refractivity contribution in [1.29, 1.82) is 0 Å². The number of aliphatic hydroxyl groups is 1. The van der Waals surface area contributed by atoms with E-state index in [0.29, 0.717) is 11.3 Å². The number of amides is 1. The molecule has 0 radical (unpaired) electrons. The highest BCUT2D eigenvalue weighted by molar-refractivity contribution is 5.94. The number of pyridine rings is 1. The van der Waals surface area contributed by atoms with Crippen LogP contribution in [0.3, 0.4) is 0 Å². The van der Waals surface area contributed by atoms with Gasteiger partial charge in [-0.2, -0.15) is 0 Å². The topological polar surface area (TPSA) is 53.4 Å². The molecular weight excluding hydrogens is 228 g/mol. The quantitative estimate of drug-likeness (QED) is 0.865. The molecule has 4 nitrogen and oxygen atoms in total. The molecule has 1 fully saturated rings. The normalized spacial score (nSPS) is 15.2. The van der Waals surface area contributed by atoms with Gasteiger partial charge in [0.25, 0.3) is 5.91 Å². The molecule has 4 heteroatoms. The Morgan fingerprint density at radius 1 is 1.56 bits per heavy atom. The summed E-state index contributed by atoms with van der Waals surface area (Å²) in [6, 6.07) is 3.35. The Morgan fingerprint density at radius 2 is 2.33 bits per heavy atom. The van der Waals surface area contributed by atoms with Crippen molar-refractivity contribution in [2.45, 2.75) is 32.3 Å². The molecule has 0 unspecified atom stereocenters. The fourth-order valence-electron chi connectivity index (χ4n) is 2.18. The number of carbonyl (C=O) groups excluding carboxylic acids is 1. The summed E-state index contributed by atoms with van der Waals surface area (Å²) in [7, 11) is 1.83. The molecule has 1 aromatic heterocycles. The van der Waals surface area contributed by atoms with Gasteiger partial charge >= 0.3 is 0 Å². The zero-order valence-corrected chi connectivity index (χ0v) is 10.8. The van der Waals surface area contributed by atoms with Crippen molar-refractivity contribution in [2.24, 2.45) is 5.92 Å². The standard InChI is InChI=1S/C14H20N2O2/c1-16(8-6-11-3-2-4-11)14(18)12-5-7-15-13(9-12)10-17/h5,7,9,11,17H,2-4,6,8,10H2,1H3. The van der Waals surface area contributed by atoms with Gasteiger partial charge in [0.05, 0.1) is 12.3 Å². The maximum Gasteiger partial charge on any atom is 0.253 e. The second-order valence-corrected chi connectivity index (χ2v) is 5.01. The molecule has 1 amide bonds. The summed E-state index contributed by atoms with van der Waals surface area (Å²) in [5.41, 5.74) is 1.14. The molecule has 1 heterocycles. The average Bonchev–Trinajstić information content (AvgIpc) is 2.36. The van der Waals surface area contributed by atoms with E-state index < -0.39 is 0 Å². The van der Waals surface area contributed by atoms with Gasteiger partial charge in [0.1, 0.15) is 0 Å². The fourth-order valence-corrected chi connectivity index (χ4v) is 2.18. The van der Waals surface area contributed by atoms with E-state index in [1.165, 1.54) is 19.3 Å². The number of nitrogens with zero attached hydrogens (tertiary/aromatic N) is 2. The molecule has 0 atom stereocenters. The van der Waals surface area contributed by atoms with Crippen LogP contribution in [0.15, 0.2) is 18.3 Å². The third-order valence-corrected chi connectivity index (χ3v) is 3.67. The van der Waals surface area contributed by atoms with Crippen molar-refractivity contribution >= 4 is 5.91 Å². The minimum atomic E-state index is -0.132. The molecule has 0 spiro atoms. The van der Waals surface area contributed by atoms with Crippen molar-refractivity contribution in [3.8, 4) is 0 Å². The van der Waals surface area contributed by atoms with Crippen LogP contribution in [-0.4, -0.2) is 34.5 Å². The first kappa shape index (κ1) is 13.0. The van der Waals surface area contributed by atoms with E-state index in [0.717, 1.165) is 18.9 Å². The Labute approximate surface area is 108 Å². The minimum Gasteiger partial charge on any atom is -0.390 e. The summed E-state index contributed by atoms with van der Waals surface area (Å²) in [4.78, 5) is 17.9. The number of aliphatic hydroxyl groups excluding tert-OH is 1. The van der Waals surface area contributed by atoms with Gasteiger partial charge in [-0.3, -0.25) is 9.78 Å². The molecule has 1 N–H and O–H groups in total. The molecule has 18 heavy (non-hydrogen) atoms. The molecule has 0 bridgehead atoms. The smallest absolute Gasteiger partial charge is 0.253 e. The van der Waals surface area contributed by atoms with Gasteiger partial charge in [-0.15, -0.1) is 0 Å². The van der Waals surface area contributed by atoms with Crippen LogP contribution in [0.25, 0.3) is 0 Å². The van der Waals surface area contributed by atoms with E-state index in [-0.39, 0.29) is 12.5 Å². The Kier molecular flexibility index (Phi) is 4.31. The van der Waals surface area contributed by atoms with Crippen molar-refractivity contribution in [3.63, 3.8) is 0 Å². The molecule has 1 aromatic rings. The predicted molar refractivity (Wildman–Crippen MR) is 69.1 cm³/mol. The van der Waals surface area contributed by atoms with Crippen molar-refractivity contribution in [1.82, 2.24) is 9.88 Å². The molecule has 1 aliphatic rings. The summed E-state index contributed by atoms with van der Waals surface area (Å²) in [6.45, 7) is 0.674. The molecule has 0 saturated heterocycles. The van der Waals surface area contributed by atoms with E-state index in [1.807, 2.05) is 7.05 Å². The third kappa shape index (κ3) is 3.07. The molecule has 1 aliphatic carbocycles. The molecular formula is C14H20N2O2. The lowest BCUT2D eigenvalue weighted by atomic mass is 9.83. The van der Waals surface area contributed by atoms with Crippen LogP contribution in [0, 0.1) is 5.92 Å². The number of rotatable bonds is 5. The number of aromatic nitrogens is 1. The van der Waals surface area contributed by atoms with Gasteiger partial charge in [-0.05, 0) is 24.5 Å². The van der Waals surface area contributed by atoms with Crippen molar-refractivity contribution in [2.75, 3.05) is 13.6 Å². The first-order chi connectivity index (χ1) is 8.70. The molecule has 98 valence electrons. The summed E-state index contributed by atoms with van der Waals surface area (Å²) in [5, 5.41) is 9.01. The lowest BCUT2D eigenvalue weighted by Crippen LogP contribution is -2.30. The van der Waals surface area contributed by atoms with Crippen molar-refractivity contribution < 1.29 is 9.90 Å². The van der Waals surface area contributed by atoms with E-state index in [2.05, 4.69) is 4.98 Å². The minimum absolute atomic E-state index is 0.00595. The Balaban J connectivity index is 1.91. The van der Waals surface area contributed by atoms with E-state index in [9.17, 15) is 4.79 Å². The largest absolute Gasteiger partial charge is 0.390 e. The molecule has 0 aromatic carbocycles. The van der Waals surface area contributed by atoms with Gasteiger partial charge in [0.2, 0.25) is 0 Å². The summed E-state index contributed by atoms with van der Waals surface area (Å²) in [5.74, 6) is 0.817. The molecule has 0 aliphatic heterocycles. The fraction of sp³-hybridized carbons (Fsp3) is 0.571. The third-order valence-electron chi connectivity index (χ3n) is 3.67. The second-order valence-electron chi connectivity index (χ2n) is 5.01. The summed E-state index contributed by atoms with van der Waals surface area (Å²) in [6.07, 6.45) is 6.63. The van der Waals surface area contributed by atoms with Crippen LogP contribution >= 0.6 is 0 Å². The Morgan fingerprint density at radius 3 is 2.94 bits per heavy atom. The van der Waals surface area contributed by atoms with Crippen LogP contribution in [-0.2, 0) is 6.61 Å². The van der Waals surface area contributed by atoms with Gasteiger partial charge in [0, 0.05) is 25.4 Å². The van der Waals surface area contributed by atoms with Gasteiger partial charge in [0.15, 0.2) is 0 Å². The van der Waals surface area contributed by atoms with Crippen LogP contribution in [0.1, 0.15) is 41.7 Å². The molecule has 2 rings (SSSR count). The summed E-state index contributed by atoms with van der Waals surface area (Å²) < 4.78 is 0.